The normalized spacial score (nSPS) is 19.5. The Morgan fingerprint density at radius 2 is 1.74 bits per heavy atom. The second-order valence-corrected chi connectivity index (χ2v) is 9.07. The summed E-state index contributed by atoms with van der Waals surface area (Å²) in [6.45, 7) is 9.42. The number of hydrogen-bond acceptors (Lipinski definition) is 6. The van der Waals surface area contributed by atoms with Crippen LogP contribution in [0.5, 0.6) is 0 Å². The molecular weight excluding hydrogens is 390 g/mol. The molecule has 1 unspecified atom stereocenters. The van der Waals surface area contributed by atoms with E-state index in [1.165, 1.54) is 11.1 Å². The monoisotopic (exact) mass is 425 g/mol. The fourth-order valence-corrected chi connectivity index (χ4v) is 4.58. The van der Waals surface area contributed by atoms with Crippen molar-refractivity contribution in [3.8, 4) is 0 Å². The minimum Gasteiger partial charge on any atom is -0.381 e. The van der Waals surface area contributed by atoms with Gasteiger partial charge in [0, 0.05) is 43.8 Å². The zero-order chi connectivity index (χ0) is 22.0. The van der Waals surface area contributed by atoms with E-state index in [-0.39, 0.29) is 5.91 Å². The van der Waals surface area contributed by atoms with Gasteiger partial charge in [0.1, 0.15) is 5.82 Å². The van der Waals surface area contributed by atoms with E-state index in [1.54, 1.807) is 6.92 Å². The molecule has 7 heteroatoms. The summed E-state index contributed by atoms with van der Waals surface area (Å²) in [5.41, 5.74) is 9.77. The highest BCUT2D eigenvalue weighted by molar-refractivity contribution is 6.02. The smallest absolute Gasteiger partial charge is 0.256 e. The molecule has 1 atom stereocenters. The van der Waals surface area contributed by atoms with Crippen molar-refractivity contribution < 1.29 is 9.53 Å². The summed E-state index contributed by atoms with van der Waals surface area (Å²) in [5, 5.41) is 7.64. The molecule has 4 rings (SSSR count). The number of anilines is 1. The van der Waals surface area contributed by atoms with Gasteiger partial charge >= 0.3 is 0 Å². The lowest BCUT2D eigenvalue weighted by molar-refractivity contribution is 0.0738. The maximum atomic E-state index is 13.0. The Kier molecular flexibility index (Phi) is 6.74. The number of nitrogens with zero attached hydrogens (tertiary/aromatic N) is 2. The van der Waals surface area contributed by atoms with Gasteiger partial charge < -0.3 is 26.0 Å². The molecule has 4 N–H and O–H groups in total. The van der Waals surface area contributed by atoms with E-state index in [4.69, 9.17) is 15.5 Å². The number of hydrogen-bond donors (Lipinski definition) is 3. The van der Waals surface area contributed by atoms with E-state index in [9.17, 15) is 4.79 Å². The Morgan fingerprint density at radius 3 is 2.42 bits per heavy atom. The third-order valence-corrected chi connectivity index (χ3v) is 6.50. The Labute approximate surface area is 184 Å². The second-order valence-electron chi connectivity index (χ2n) is 9.07. The molecular formula is C24H35N5O2. The van der Waals surface area contributed by atoms with Gasteiger partial charge in [0.25, 0.3) is 5.91 Å². The minimum atomic E-state index is -0.412. The third-order valence-electron chi connectivity index (χ3n) is 6.50. The van der Waals surface area contributed by atoms with Crippen LogP contribution in [-0.2, 0) is 4.74 Å². The van der Waals surface area contributed by atoms with Crippen molar-refractivity contribution in [2.24, 2.45) is 5.73 Å². The van der Waals surface area contributed by atoms with Crippen LogP contribution in [0.1, 0.15) is 54.1 Å². The average molecular weight is 426 g/mol. The van der Waals surface area contributed by atoms with Crippen LogP contribution >= 0.6 is 0 Å². The maximum absolute atomic E-state index is 13.0. The number of aryl methyl sites for hydroxylation is 2. The number of pyridine rings is 1. The number of carbonyl (C=O) groups excluding carboxylic acids is 1. The van der Waals surface area contributed by atoms with E-state index < -0.39 is 6.17 Å². The van der Waals surface area contributed by atoms with Gasteiger partial charge in [-0.05, 0) is 75.8 Å². The van der Waals surface area contributed by atoms with Crippen LogP contribution in [0.15, 0.2) is 18.2 Å². The van der Waals surface area contributed by atoms with E-state index in [0.717, 1.165) is 68.7 Å². The molecule has 2 saturated heterocycles. The Hall–Kier alpha value is -2.22. The number of piperidine rings is 1. The summed E-state index contributed by atoms with van der Waals surface area (Å²) in [6.07, 6.45) is 3.85. The first kappa shape index (κ1) is 22.0. The summed E-state index contributed by atoms with van der Waals surface area (Å²) in [7, 11) is 0. The lowest BCUT2D eigenvalue weighted by Gasteiger charge is -2.36. The van der Waals surface area contributed by atoms with Gasteiger partial charge in [0.05, 0.1) is 17.2 Å². The highest BCUT2D eigenvalue weighted by atomic mass is 16.5. The number of amides is 1. The lowest BCUT2D eigenvalue weighted by atomic mass is 10.00. The van der Waals surface area contributed by atoms with Crippen LogP contribution in [0.25, 0.3) is 10.9 Å². The standard InChI is InChI=1S/C24H35N5O2/c1-15-12-18-14-21(24(30)26-17(3)25)23(28-22(18)13-16(15)2)29-8-4-19(5-9-29)27-20-6-10-31-11-7-20/h12-14,17,19-20,27H,4-11,25H2,1-3H3,(H,26,30). The van der Waals surface area contributed by atoms with Crippen LogP contribution in [-0.4, -0.2) is 55.4 Å². The van der Waals surface area contributed by atoms with Crippen LogP contribution in [0.4, 0.5) is 5.82 Å². The highest BCUT2D eigenvalue weighted by Crippen LogP contribution is 2.28. The van der Waals surface area contributed by atoms with Crippen LogP contribution in [0.2, 0.25) is 0 Å². The van der Waals surface area contributed by atoms with Crippen molar-refractivity contribution in [3.05, 3.63) is 34.9 Å². The number of nitrogens with two attached hydrogens (primary N) is 1. The van der Waals surface area contributed by atoms with Crippen LogP contribution in [0, 0.1) is 13.8 Å². The summed E-state index contributed by atoms with van der Waals surface area (Å²) >= 11 is 0. The number of rotatable bonds is 5. The summed E-state index contributed by atoms with van der Waals surface area (Å²) < 4.78 is 5.47. The van der Waals surface area contributed by atoms with Gasteiger partial charge in [0.15, 0.2) is 0 Å². The topological polar surface area (TPSA) is 92.5 Å². The highest BCUT2D eigenvalue weighted by Gasteiger charge is 2.27. The molecule has 2 aliphatic rings. The lowest BCUT2D eigenvalue weighted by Crippen LogP contribution is -2.48. The zero-order valence-corrected chi connectivity index (χ0v) is 18.9. The molecule has 0 saturated carbocycles. The van der Waals surface area contributed by atoms with Gasteiger partial charge in [-0.15, -0.1) is 0 Å². The van der Waals surface area contributed by atoms with Gasteiger partial charge in [-0.1, -0.05) is 0 Å². The van der Waals surface area contributed by atoms with Crippen molar-refractivity contribution >= 4 is 22.6 Å². The molecule has 1 aromatic heterocycles. The van der Waals surface area contributed by atoms with E-state index in [1.807, 2.05) is 6.07 Å². The Balaban J connectivity index is 1.56. The molecule has 3 heterocycles. The van der Waals surface area contributed by atoms with Crippen molar-refractivity contribution in [3.63, 3.8) is 0 Å². The van der Waals surface area contributed by atoms with Crippen molar-refractivity contribution in [2.45, 2.75) is 64.7 Å². The number of ether oxygens (including phenoxy) is 1. The predicted molar refractivity (Wildman–Crippen MR) is 125 cm³/mol. The van der Waals surface area contributed by atoms with E-state index in [2.05, 4.69) is 41.5 Å². The molecule has 1 amide bonds. The fourth-order valence-electron chi connectivity index (χ4n) is 4.58. The Morgan fingerprint density at radius 1 is 1.10 bits per heavy atom. The number of carbonyl (C=O) groups is 1. The van der Waals surface area contributed by atoms with Crippen molar-refractivity contribution in [1.82, 2.24) is 15.6 Å². The number of fused-ring (bicyclic) bond motifs is 1. The van der Waals surface area contributed by atoms with Gasteiger partial charge in [-0.25, -0.2) is 4.98 Å². The third kappa shape index (κ3) is 5.17. The summed E-state index contributed by atoms with van der Waals surface area (Å²) in [6, 6.07) is 7.25. The summed E-state index contributed by atoms with van der Waals surface area (Å²) in [4.78, 5) is 20.2. The van der Waals surface area contributed by atoms with Crippen molar-refractivity contribution in [2.75, 3.05) is 31.2 Å². The number of benzene rings is 1. The first-order chi connectivity index (χ1) is 14.9. The zero-order valence-electron chi connectivity index (χ0n) is 18.9. The molecule has 7 nitrogen and oxygen atoms in total. The molecule has 2 aromatic rings. The molecule has 0 radical (unpaired) electrons. The van der Waals surface area contributed by atoms with Crippen LogP contribution < -0.4 is 21.3 Å². The van der Waals surface area contributed by atoms with E-state index in [0.29, 0.717) is 17.6 Å². The molecule has 2 fully saturated rings. The van der Waals surface area contributed by atoms with Crippen molar-refractivity contribution in [1.29, 1.82) is 0 Å². The first-order valence-corrected chi connectivity index (χ1v) is 11.5. The maximum Gasteiger partial charge on any atom is 0.256 e. The Bertz CT molecular complexity index is 931. The van der Waals surface area contributed by atoms with E-state index >= 15 is 0 Å². The molecule has 1 aromatic carbocycles. The molecule has 31 heavy (non-hydrogen) atoms. The van der Waals surface area contributed by atoms with Gasteiger partial charge in [-0.3, -0.25) is 4.79 Å². The molecule has 0 aliphatic carbocycles. The number of aromatic nitrogens is 1. The molecule has 0 spiro atoms. The molecule has 0 bridgehead atoms. The fraction of sp³-hybridized carbons (Fsp3) is 0.583. The second kappa shape index (κ2) is 9.51. The van der Waals surface area contributed by atoms with Gasteiger partial charge in [-0.2, -0.15) is 0 Å². The first-order valence-electron chi connectivity index (χ1n) is 11.5. The number of nitrogens with one attached hydrogen (secondary N) is 2. The largest absolute Gasteiger partial charge is 0.381 e. The summed E-state index contributed by atoms with van der Waals surface area (Å²) in [5.74, 6) is 0.596. The predicted octanol–water partition coefficient (Wildman–Crippen LogP) is 2.62. The molecule has 2 aliphatic heterocycles. The van der Waals surface area contributed by atoms with Crippen LogP contribution in [0.3, 0.4) is 0 Å². The minimum absolute atomic E-state index is 0.167. The SMILES string of the molecule is Cc1cc2cc(C(=O)NC(C)N)c(N3CCC(NC4CCOCC4)CC3)nc2cc1C. The molecule has 168 valence electrons. The van der Waals surface area contributed by atoms with Gasteiger partial charge in [0.2, 0.25) is 0 Å². The quantitative estimate of drug-likeness (QED) is 0.638. The average Bonchev–Trinajstić information content (AvgIpc) is 2.75.